The molecule has 3 rings (SSSR count). The molecular weight excluding hydrogens is 430 g/mol. The van der Waals surface area contributed by atoms with Gasteiger partial charge in [-0.2, -0.15) is 0 Å². The van der Waals surface area contributed by atoms with E-state index in [9.17, 15) is 14.4 Å². The van der Waals surface area contributed by atoms with Gasteiger partial charge in [0.25, 0.3) is 17.7 Å². The van der Waals surface area contributed by atoms with Gasteiger partial charge in [0.05, 0.1) is 12.2 Å². The molecule has 3 aromatic rings. The van der Waals surface area contributed by atoms with Crippen LogP contribution in [0.1, 0.15) is 56.9 Å². The van der Waals surface area contributed by atoms with Crippen LogP contribution >= 0.6 is 0 Å². The van der Waals surface area contributed by atoms with E-state index in [1.807, 2.05) is 19.1 Å². The lowest BCUT2D eigenvalue weighted by Crippen LogP contribution is -2.41. The van der Waals surface area contributed by atoms with Crippen molar-refractivity contribution in [3.8, 4) is 5.75 Å². The third-order valence-corrected chi connectivity index (χ3v) is 5.06. The molecule has 0 aromatic heterocycles. The number of ether oxygens (including phenoxy) is 1. The summed E-state index contributed by atoms with van der Waals surface area (Å²) in [5, 5.41) is 2.80. The van der Waals surface area contributed by atoms with E-state index in [0.29, 0.717) is 40.7 Å². The van der Waals surface area contributed by atoms with E-state index in [2.05, 4.69) is 30.0 Å². The summed E-state index contributed by atoms with van der Waals surface area (Å²) in [5.74, 6) is -0.243. The van der Waals surface area contributed by atoms with Crippen LogP contribution in [0.2, 0.25) is 0 Å². The second-order valence-electron chi connectivity index (χ2n) is 8.34. The Labute approximate surface area is 199 Å². The summed E-state index contributed by atoms with van der Waals surface area (Å²) in [6, 6.07) is 20.5. The second kappa shape index (κ2) is 11.7. The molecule has 0 radical (unpaired) electrons. The first-order valence-electron chi connectivity index (χ1n) is 11.1. The van der Waals surface area contributed by atoms with Crippen molar-refractivity contribution >= 4 is 23.4 Å². The molecule has 0 atom stereocenters. The molecule has 0 saturated heterocycles. The van der Waals surface area contributed by atoms with Gasteiger partial charge in [0, 0.05) is 16.8 Å². The average Bonchev–Trinajstić information content (AvgIpc) is 2.83. The normalized spacial score (nSPS) is 10.5. The van der Waals surface area contributed by atoms with Crippen LogP contribution in [0.25, 0.3) is 0 Å². The fraction of sp³-hybridized carbons (Fsp3) is 0.222. The lowest BCUT2D eigenvalue weighted by atomic mass is 10.1. The van der Waals surface area contributed by atoms with Gasteiger partial charge in [-0.3, -0.25) is 25.2 Å². The number of para-hydroxylation sites is 1. The minimum absolute atomic E-state index is 0.234. The Morgan fingerprint density at radius 2 is 1.50 bits per heavy atom. The minimum atomic E-state index is -0.483. The van der Waals surface area contributed by atoms with Crippen LogP contribution in [0.5, 0.6) is 5.75 Å². The first-order chi connectivity index (χ1) is 16.3. The zero-order valence-electron chi connectivity index (χ0n) is 19.6. The zero-order valence-corrected chi connectivity index (χ0v) is 19.6. The number of rotatable bonds is 8. The quantitative estimate of drug-likeness (QED) is 0.424. The number of nitrogens with one attached hydrogen (secondary N) is 3. The number of hydrazine groups is 1. The monoisotopic (exact) mass is 459 g/mol. The van der Waals surface area contributed by atoms with Gasteiger partial charge >= 0.3 is 0 Å². The fourth-order valence-corrected chi connectivity index (χ4v) is 3.13. The lowest BCUT2D eigenvalue weighted by molar-refractivity contribution is 0.0844. The van der Waals surface area contributed by atoms with Crippen molar-refractivity contribution in [2.45, 2.75) is 27.2 Å². The molecule has 176 valence electrons. The topological polar surface area (TPSA) is 96.5 Å². The van der Waals surface area contributed by atoms with Crippen LogP contribution in [-0.2, 0) is 0 Å². The van der Waals surface area contributed by atoms with Gasteiger partial charge in [0.1, 0.15) is 5.75 Å². The lowest BCUT2D eigenvalue weighted by Gasteiger charge is -2.13. The molecule has 0 bridgehead atoms. The van der Waals surface area contributed by atoms with Crippen molar-refractivity contribution in [3.63, 3.8) is 0 Å². The van der Waals surface area contributed by atoms with Gasteiger partial charge in [-0.15, -0.1) is 0 Å². The molecular formula is C27H29N3O4. The van der Waals surface area contributed by atoms with Crippen LogP contribution < -0.4 is 20.9 Å². The smallest absolute Gasteiger partial charge is 0.273 e. The van der Waals surface area contributed by atoms with Gasteiger partial charge in [-0.1, -0.05) is 43.7 Å². The molecule has 0 aliphatic heterocycles. The van der Waals surface area contributed by atoms with E-state index in [1.165, 1.54) is 0 Å². The number of anilines is 1. The maximum Gasteiger partial charge on any atom is 0.273 e. The number of hydrogen-bond acceptors (Lipinski definition) is 4. The Kier molecular flexibility index (Phi) is 8.40. The SMILES string of the molecule is Cc1cccc(C(=O)Nc2ccc(C(=O)NNC(=O)c3ccccc3OCCC(C)C)cc2)c1. The van der Waals surface area contributed by atoms with Gasteiger partial charge < -0.3 is 10.1 Å². The van der Waals surface area contributed by atoms with Crippen LogP contribution in [0.4, 0.5) is 5.69 Å². The summed E-state index contributed by atoms with van der Waals surface area (Å²) in [5.41, 5.74) is 7.60. The van der Waals surface area contributed by atoms with E-state index < -0.39 is 11.8 Å². The average molecular weight is 460 g/mol. The number of carbonyl (C=O) groups is 3. The largest absolute Gasteiger partial charge is 0.493 e. The summed E-state index contributed by atoms with van der Waals surface area (Å²) >= 11 is 0. The Hall–Kier alpha value is -4.13. The van der Waals surface area contributed by atoms with E-state index >= 15 is 0 Å². The fourth-order valence-electron chi connectivity index (χ4n) is 3.13. The molecule has 7 heteroatoms. The van der Waals surface area contributed by atoms with Crippen molar-refractivity contribution in [3.05, 3.63) is 95.1 Å². The molecule has 0 saturated carbocycles. The molecule has 0 aliphatic carbocycles. The summed E-state index contributed by atoms with van der Waals surface area (Å²) in [7, 11) is 0. The molecule has 0 unspecified atom stereocenters. The third kappa shape index (κ3) is 6.93. The number of amides is 3. The zero-order chi connectivity index (χ0) is 24.5. The molecule has 0 heterocycles. The standard InChI is InChI=1S/C27H29N3O4/c1-18(2)15-16-34-24-10-5-4-9-23(24)27(33)30-29-26(32)20-11-13-22(14-12-20)28-25(31)21-8-6-7-19(3)17-21/h4-14,17-18H,15-16H2,1-3H3,(H,28,31)(H,29,32)(H,30,33). The summed E-state index contributed by atoms with van der Waals surface area (Å²) < 4.78 is 5.74. The Morgan fingerprint density at radius 1 is 0.794 bits per heavy atom. The maximum absolute atomic E-state index is 12.6. The number of benzene rings is 3. The van der Waals surface area contributed by atoms with Gasteiger partial charge in [0.15, 0.2) is 0 Å². The van der Waals surface area contributed by atoms with Crippen molar-refractivity contribution in [2.75, 3.05) is 11.9 Å². The van der Waals surface area contributed by atoms with Crippen LogP contribution in [-0.4, -0.2) is 24.3 Å². The Balaban J connectivity index is 1.55. The van der Waals surface area contributed by atoms with E-state index in [1.54, 1.807) is 60.7 Å². The molecule has 7 nitrogen and oxygen atoms in total. The highest BCUT2D eigenvalue weighted by molar-refractivity contribution is 6.05. The van der Waals surface area contributed by atoms with Crippen LogP contribution in [0, 0.1) is 12.8 Å². The van der Waals surface area contributed by atoms with Crippen molar-refractivity contribution < 1.29 is 19.1 Å². The van der Waals surface area contributed by atoms with E-state index in [0.717, 1.165) is 12.0 Å². The molecule has 34 heavy (non-hydrogen) atoms. The summed E-state index contributed by atoms with van der Waals surface area (Å²) in [4.78, 5) is 37.4. The molecule has 0 spiro atoms. The van der Waals surface area contributed by atoms with Crippen molar-refractivity contribution in [1.82, 2.24) is 10.9 Å². The minimum Gasteiger partial charge on any atom is -0.493 e. The predicted molar refractivity (Wildman–Crippen MR) is 132 cm³/mol. The van der Waals surface area contributed by atoms with Gasteiger partial charge in [-0.25, -0.2) is 0 Å². The molecule has 0 aliphatic rings. The Bertz CT molecular complexity index is 1160. The molecule has 3 aromatic carbocycles. The molecule has 3 N–H and O–H groups in total. The third-order valence-electron chi connectivity index (χ3n) is 5.06. The van der Waals surface area contributed by atoms with Crippen LogP contribution in [0.3, 0.4) is 0 Å². The maximum atomic E-state index is 12.6. The highest BCUT2D eigenvalue weighted by Gasteiger charge is 2.14. The first kappa shape index (κ1) is 24.5. The van der Waals surface area contributed by atoms with Gasteiger partial charge in [-0.05, 0) is 67.8 Å². The number of hydrogen-bond donors (Lipinski definition) is 3. The summed E-state index contributed by atoms with van der Waals surface area (Å²) in [6.45, 7) is 6.62. The number of carbonyl (C=O) groups excluding carboxylic acids is 3. The van der Waals surface area contributed by atoms with E-state index in [-0.39, 0.29) is 5.91 Å². The van der Waals surface area contributed by atoms with E-state index in [4.69, 9.17) is 4.74 Å². The number of aryl methyl sites for hydroxylation is 1. The Morgan fingerprint density at radius 3 is 2.21 bits per heavy atom. The van der Waals surface area contributed by atoms with Crippen LogP contribution in [0.15, 0.2) is 72.8 Å². The first-order valence-corrected chi connectivity index (χ1v) is 11.1. The highest BCUT2D eigenvalue weighted by Crippen LogP contribution is 2.18. The molecule has 3 amide bonds. The molecule has 0 fully saturated rings. The highest BCUT2D eigenvalue weighted by atomic mass is 16.5. The van der Waals surface area contributed by atoms with Crippen molar-refractivity contribution in [2.24, 2.45) is 5.92 Å². The van der Waals surface area contributed by atoms with Crippen molar-refractivity contribution in [1.29, 1.82) is 0 Å². The van der Waals surface area contributed by atoms with Gasteiger partial charge in [0.2, 0.25) is 0 Å². The summed E-state index contributed by atoms with van der Waals surface area (Å²) in [6.07, 6.45) is 0.869. The predicted octanol–water partition coefficient (Wildman–Crippen LogP) is 4.75. The second-order valence-corrected chi connectivity index (χ2v) is 8.34.